The lowest BCUT2D eigenvalue weighted by Gasteiger charge is -2.12. The fraction of sp³-hybridized carbons (Fsp3) is 0.100. The molecule has 0 radical (unpaired) electrons. The molecule has 0 saturated carbocycles. The Morgan fingerprint density at radius 2 is 1.58 bits per heavy atom. The molecule has 0 N–H and O–H groups in total. The highest BCUT2D eigenvalue weighted by Crippen LogP contribution is 2.34. The van der Waals surface area contributed by atoms with Crippen LogP contribution in [0.25, 0.3) is 28.0 Å². The Morgan fingerprint density at radius 3 is 2.33 bits per heavy atom. The third-order valence-electron chi connectivity index (χ3n) is 4.12. The SMILES string of the molecule is Cc1nc(C)c2cc(-c3ccccc3)n(-c3ccccc3Br)c2n1. The molecule has 118 valence electrons. The van der Waals surface area contributed by atoms with E-state index in [1.807, 2.05) is 32.0 Å². The summed E-state index contributed by atoms with van der Waals surface area (Å²) in [5, 5.41) is 1.08. The van der Waals surface area contributed by atoms with E-state index in [4.69, 9.17) is 4.98 Å². The van der Waals surface area contributed by atoms with E-state index in [-0.39, 0.29) is 0 Å². The summed E-state index contributed by atoms with van der Waals surface area (Å²) >= 11 is 3.68. The van der Waals surface area contributed by atoms with Crippen molar-refractivity contribution in [2.45, 2.75) is 13.8 Å². The summed E-state index contributed by atoms with van der Waals surface area (Å²) in [5.41, 5.74) is 5.28. The summed E-state index contributed by atoms with van der Waals surface area (Å²) in [7, 11) is 0. The molecule has 0 saturated heterocycles. The van der Waals surface area contributed by atoms with Crippen LogP contribution >= 0.6 is 15.9 Å². The molecule has 2 aromatic heterocycles. The minimum atomic E-state index is 0.783. The molecule has 3 nitrogen and oxygen atoms in total. The van der Waals surface area contributed by atoms with Crippen LogP contribution in [0.4, 0.5) is 0 Å². The molecule has 2 heterocycles. The Morgan fingerprint density at radius 1 is 0.875 bits per heavy atom. The van der Waals surface area contributed by atoms with Crippen LogP contribution in [-0.4, -0.2) is 14.5 Å². The molecule has 4 rings (SSSR count). The molecular weight excluding hydrogens is 362 g/mol. The molecule has 0 fully saturated rings. The maximum Gasteiger partial charge on any atom is 0.149 e. The molecule has 0 bridgehead atoms. The lowest BCUT2D eigenvalue weighted by molar-refractivity contribution is 1.01. The van der Waals surface area contributed by atoms with Gasteiger partial charge in [0.1, 0.15) is 11.5 Å². The van der Waals surface area contributed by atoms with Crippen molar-refractivity contribution in [2.75, 3.05) is 0 Å². The van der Waals surface area contributed by atoms with Gasteiger partial charge in [-0.25, -0.2) is 9.97 Å². The first-order valence-electron chi connectivity index (χ1n) is 7.82. The van der Waals surface area contributed by atoms with Crippen molar-refractivity contribution in [3.05, 3.63) is 76.7 Å². The van der Waals surface area contributed by atoms with E-state index in [0.29, 0.717) is 0 Å². The number of para-hydroxylation sites is 1. The van der Waals surface area contributed by atoms with E-state index >= 15 is 0 Å². The number of hydrogen-bond donors (Lipinski definition) is 0. The molecule has 2 aromatic carbocycles. The van der Waals surface area contributed by atoms with Gasteiger partial charge in [0.05, 0.1) is 17.1 Å². The van der Waals surface area contributed by atoms with E-state index in [2.05, 4.69) is 67.9 Å². The number of halogens is 1. The number of nitrogens with zero attached hydrogens (tertiary/aromatic N) is 3. The van der Waals surface area contributed by atoms with Gasteiger partial charge in [0.2, 0.25) is 0 Å². The molecule has 0 atom stereocenters. The second-order valence-electron chi connectivity index (χ2n) is 5.78. The Labute approximate surface area is 149 Å². The summed E-state index contributed by atoms with van der Waals surface area (Å²) < 4.78 is 3.24. The van der Waals surface area contributed by atoms with Crippen LogP contribution in [0.5, 0.6) is 0 Å². The van der Waals surface area contributed by atoms with Crippen LogP contribution in [0.1, 0.15) is 11.5 Å². The summed E-state index contributed by atoms with van der Waals surface area (Å²) in [5.74, 6) is 0.783. The third-order valence-corrected chi connectivity index (χ3v) is 4.80. The van der Waals surface area contributed by atoms with Gasteiger partial charge in [-0.3, -0.25) is 4.57 Å². The van der Waals surface area contributed by atoms with Crippen molar-refractivity contribution in [3.8, 4) is 16.9 Å². The third kappa shape index (κ3) is 2.43. The van der Waals surface area contributed by atoms with Gasteiger partial charge in [-0.05, 0) is 53.5 Å². The Hall–Kier alpha value is -2.46. The Bertz CT molecular complexity index is 1040. The zero-order valence-electron chi connectivity index (χ0n) is 13.5. The van der Waals surface area contributed by atoms with Crippen molar-refractivity contribution in [1.29, 1.82) is 0 Å². The molecule has 0 aliphatic rings. The fourth-order valence-electron chi connectivity index (χ4n) is 3.06. The van der Waals surface area contributed by atoms with Gasteiger partial charge in [-0.2, -0.15) is 0 Å². The zero-order valence-corrected chi connectivity index (χ0v) is 15.1. The summed E-state index contributed by atoms with van der Waals surface area (Å²) in [6, 6.07) is 20.8. The number of benzene rings is 2. The largest absolute Gasteiger partial charge is 0.293 e. The van der Waals surface area contributed by atoms with Crippen LogP contribution in [0.15, 0.2) is 65.1 Å². The first-order chi connectivity index (χ1) is 11.6. The van der Waals surface area contributed by atoms with Crippen molar-refractivity contribution in [2.24, 2.45) is 0 Å². The van der Waals surface area contributed by atoms with Gasteiger partial charge in [0.25, 0.3) is 0 Å². The lowest BCUT2D eigenvalue weighted by atomic mass is 10.1. The maximum absolute atomic E-state index is 4.73. The predicted molar refractivity (Wildman–Crippen MR) is 101 cm³/mol. The van der Waals surface area contributed by atoms with E-state index in [1.165, 1.54) is 0 Å². The molecule has 24 heavy (non-hydrogen) atoms. The van der Waals surface area contributed by atoms with Crippen molar-refractivity contribution in [3.63, 3.8) is 0 Å². The molecule has 0 aliphatic heterocycles. The summed E-state index contributed by atoms with van der Waals surface area (Å²) in [6.07, 6.45) is 0. The van der Waals surface area contributed by atoms with E-state index in [9.17, 15) is 0 Å². The number of hydrogen-bond acceptors (Lipinski definition) is 2. The molecule has 4 aromatic rings. The first-order valence-corrected chi connectivity index (χ1v) is 8.61. The van der Waals surface area contributed by atoms with Crippen LogP contribution < -0.4 is 0 Å². The molecule has 4 heteroatoms. The van der Waals surface area contributed by atoms with Crippen LogP contribution in [0.3, 0.4) is 0 Å². The average molecular weight is 378 g/mol. The smallest absolute Gasteiger partial charge is 0.149 e. The molecule has 0 unspecified atom stereocenters. The Kier molecular flexibility index (Phi) is 3.69. The first kappa shape index (κ1) is 15.1. The monoisotopic (exact) mass is 377 g/mol. The quantitative estimate of drug-likeness (QED) is 0.463. The van der Waals surface area contributed by atoms with Gasteiger partial charge in [0, 0.05) is 9.86 Å². The van der Waals surface area contributed by atoms with Gasteiger partial charge in [-0.15, -0.1) is 0 Å². The number of aromatic nitrogens is 3. The van der Waals surface area contributed by atoms with Gasteiger partial charge in [-0.1, -0.05) is 42.5 Å². The second kappa shape index (κ2) is 5.87. The zero-order chi connectivity index (χ0) is 16.7. The van der Waals surface area contributed by atoms with Crippen LogP contribution in [0.2, 0.25) is 0 Å². The van der Waals surface area contributed by atoms with Crippen molar-refractivity contribution >= 4 is 27.0 Å². The predicted octanol–water partition coefficient (Wildman–Crippen LogP) is 5.47. The van der Waals surface area contributed by atoms with Crippen molar-refractivity contribution < 1.29 is 0 Å². The topological polar surface area (TPSA) is 30.7 Å². The lowest BCUT2D eigenvalue weighted by Crippen LogP contribution is -2.01. The highest BCUT2D eigenvalue weighted by atomic mass is 79.9. The van der Waals surface area contributed by atoms with Crippen molar-refractivity contribution in [1.82, 2.24) is 14.5 Å². The van der Waals surface area contributed by atoms with E-state index in [0.717, 1.165) is 44.0 Å². The number of rotatable bonds is 2. The minimum absolute atomic E-state index is 0.783. The molecule has 0 aliphatic carbocycles. The number of fused-ring (bicyclic) bond motifs is 1. The molecular formula is C20H16BrN3. The summed E-state index contributed by atoms with van der Waals surface area (Å²) in [4.78, 5) is 9.26. The molecule has 0 amide bonds. The van der Waals surface area contributed by atoms with Gasteiger partial charge < -0.3 is 0 Å². The number of aryl methyl sites for hydroxylation is 2. The highest BCUT2D eigenvalue weighted by molar-refractivity contribution is 9.10. The minimum Gasteiger partial charge on any atom is -0.293 e. The summed E-state index contributed by atoms with van der Waals surface area (Å²) in [6.45, 7) is 3.97. The fourth-order valence-corrected chi connectivity index (χ4v) is 3.52. The van der Waals surface area contributed by atoms with E-state index in [1.54, 1.807) is 0 Å². The average Bonchev–Trinajstić information content (AvgIpc) is 2.96. The second-order valence-corrected chi connectivity index (χ2v) is 6.63. The van der Waals surface area contributed by atoms with Crippen LogP contribution in [-0.2, 0) is 0 Å². The van der Waals surface area contributed by atoms with Crippen LogP contribution in [0, 0.1) is 13.8 Å². The van der Waals surface area contributed by atoms with Gasteiger partial charge in [0.15, 0.2) is 0 Å². The highest BCUT2D eigenvalue weighted by Gasteiger charge is 2.17. The van der Waals surface area contributed by atoms with E-state index < -0.39 is 0 Å². The molecule has 0 spiro atoms. The maximum atomic E-state index is 4.73. The Balaban J connectivity index is 2.14. The van der Waals surface area contributed by atoms with Gasteiger partial charge >= 0.3 is 0 Å². The normalized spacial score (nSPS) is 11.1. The standard InChI is InChI=1S/C20H16BrN3/c1-13-16-12-19(15-8-4-3-5-9-15)24(20(16)23-14(2)22-13)18-11-7-6-10-17(18)21/h3-12H,1-2H3.